The Kier molecular flexibility index (Phi) is 4.54. The van der Waals surface area contributed by atoms with Crippen molar-refractivity contribution < 1.29 is 4.79 Å². The molecule has 0 saturated carbocycles. The van der Waals surface area contributed by atoms with Gasteiger partial charge in [0.2, 0.25) is 5.91 Å². The van der Waals surface area contributed by atoms with Crippen LogP contribution < -0.4 is 16.0 Å². The van der Waals surface area contributed by atoms with Crippen molar-refractivity contribution in [3.63, 3.8) is 0 Å². The van der Waals surface area contributed by atoms with E-state index in [-0.39, 0.29) is 18.0 Å². The van der Waals surface area contributed by atoms with Gasteiger partial charge in [-0.1, -0.05) is 0 Å². The van der Waals surface area contributed by atoms with E-state index in [4.69, 9.17) is 5.73 Å². The second-order valence-electron chi connectivity index (χ2n) is 5.75. The van der Waals surface area contributed by atoms with Crippen molar-refractivity contribution in [2.45, 2.75) is 38.3 Å². The van der Waals surface area contributed by atoms with Gasteiger partial charge in [-0.25, -0.2) is 9.97 Å². The normalized spacial score (nSPS) is 19.5. The first-order valence-corrected chi connectivity index (χ1v) is 8.53. The molecule has 2 unspecified atom stereocenters. The molecular formula is C15H21N5OS. The molecule has 3 heterocycles. The minimum absolute atomic E-state index is 0.0696. The van der Waals surface area contributed by atoms with E-state index in [9.17, 15) is 4.79 Å². The molecule has 6 nitrogen and oxygen atoms in total. The third-order valence-electron chi connectivity index (χ3n) is 3.97. The molecule has 1 saturated heterocycles. The smallest absolute Gasteiger partial charge is 0.242 e. The lowest BCUT2D eigenvalue weighted by Gasteiger charge is -2.25. The number of aromatic nitrogens is 2. The summed E-state index contributed by atoms with van der Waals surface area (Å²) < 4.78 is 0. The zero-order valence-corrected chi connectivity index (χ0v) is 13.5. The number of hydrogen-bond acceptors (Lipinski definition) is 6. The van der Waals surface area contributed by atoms with Gasteiger partial charge < -0.3 is 16.0 Å². The van der Waals surface area contributed by atoms with E-state index in [1.165, 1.54) is 0 Å². The molecule has 22 heavy (non-hydrogen) atoms. The lowest BCUT2D eigenvalue weighted by Crippen LogP contribution is -2.44. The highest BCUT2D eigenvalue weighted by atomic mass is 32.1. The molecule has 118 valence electrons. The molecule has 1 aliphatic rings. The van der Waals surface area contributed by atoms with Crippen molar-refractivity contribution in [1.82, 2.24) is 15.3 Å². The van der Waals surface area contributed by atoms with E-state index in [0.29, 0.717) is 6.54 Å². The molecular weight excluding hydrogens is 298 g/mol. The minimum Gasteiger partial charge on any atom is -0.354 e. The highest BCUT2D eigenvalue weighted by Gasteiger charge is 2.32. The second kappa shape index (κ2) is 6.58. The quantitative estimate of drug-likeness (QED) is 0.873. The topological polar surface area (TPSA) is 84.1 Å². The summed E-state index contributed by atoms with van der Waals surface area (Å²) >= 11 is 1.59. The molecule has 0 radical (unpaired) electrons. The highest BCUT2D eigenvalue weighted by Crippen LogP contribution is 2.31. The summed E-state index contributed by atoms with van der Waals surface area (Å²) in [5, 5.41) is 6.04. The van der Waals surface area contributed by atoms with Gasteiger partial charge in [0.05, 0.1) is 5.39 Å². The zero-order chi connectivity index (χ0) is 15.5. The highest BCUT2D eigenvalue weighted by molar-refractivity contribution is 7.16. The van der Waals surface area contributed by atoms with Gasteiger partial charge in [-0.05, 0) is 37.6 Å². The molecule has 3 N–H and O–H groups in total. The SMILES string of the molecule is CC(N)CCNC(=O)C1CCCN1c1ncnc2sccc12. The molecule has 2 atom stereocenters. The van der Waals surface area contributed by atoms with Gasteiger partial charge >= 0.3 is 0 Å². The minimum atomic E-state index is -0.147. The first-order valence-electron chi connectivity index (χ1n) is 7.65. The Morgan fingerprint density at radius 3 is 3.27 bits per heavy atom. The van der Waals surface area contributed by atoms with Crippen molar-refractivity contribution in [1.29, 1.82) is 0 Å². The van der Waals surface area contributed by atoms with Gasteiger partial charge in [-0.3, -0.25) is 4.79 Å². The van der Waals surface area contributed by atoms with Gasteiger partial charge in [0, 0.05) is 19.1 Å². The summed E-state index contributed by atoms with van der Waals surface area (Å²) in [5.74, 6) is 0.941. The average molecular weight is 319 g/mol. The number of anilines is 1. The fourth-order valence-corrected chi connectivity index (χ4v) is 3.57. The average Bonchev–Trinajstić information content (AvgIpc) is 3.15. The van der Waals surface area contributed by atoms with Crippen LogP contribution >= 0.6 is 11.3 Å². The van der Waals surface area contributed by atoms with Crippen molar-refractivity contribution in [3.05, 3.63) is 17.8 Å². The monoisotopic (exact) mass is 319 g/mol. The first-order chi connectivity index (χ1) is 10.7. The Morgan fingerprint density at radius 2 is 2.45 bits per heavy atom. The van der Waals surface area contributed by atoms with Crippen LogP contribution in [0.4, 0.5) is 5.82 Å². The maximum Gasteiger partial charge on any atom is 0.242 e. The zero-order valence-electron chi connectivity index (χ0n) is 12.7. The molecule has 7 heteroatoms. The first kappa shape index (κ1) is 15.2. The van der Waals surface area contributed by atoms with Crippen LogP contribution in [0.15, 0.2) is 17.8 Å². The van der Waals surface area contributed by atoms with Gasteiger partial charge in [0.15, 0.2) is 0 Å². The Hall–Kier alpha value is -1.73. The van der Waals surface area contributed by atoms with Crippen LogP contribution in [0, 0.1) is 0 Å². The molecule has 1 aliphatic heterocycles. The van der Waals surface area contributed by atoms with E-state index < -0.39 is 0 Å². The van der Waals surface area contributed by atoms with Crippen LogP contribution in [-0.4, -0.2) is 41.0 Å². The summed E-state index contributed by atoms with van der Waals surface area (Å²) in [5.41, 5.74) is 5.72. The molecule has 0 aromatic carbocycles. The van der Waals surface area contributed by atoms with Gasteiger partial charge in [-0.15, -0.1) is 11.3 Å². The summed E-state index contributed by atoms with van der Waals surface area (Å²) in [7, 11) is 0. The molecule has 0 aliphatic carbocycles. The maximum absolute atomic E-state index is 12.5. The predicted molar refractivity (Wildman–Crippen MR) is 89.1 cm³/mol. The number of carbonyl (C=O) groups excluding carboxylic acids is 1. The summed E-state index contributed by atoms with van der Waals surface area (Å²) in [6.45, 7) is 3.42. The fraction of sp³-hybridized carbons (Fsp3) is 0.533. The third kappa shape index (κ3) is 3.05. The number of amides is 1. The molecule has 1 fully saturated rings. The largest absolute Gasteiger partial charge is 0.354 e. The molecule has 2 aromatic heterocycles. The Morgan fingerprint density at radius 1 is 1.59 bits per heavy atom. The molecule has 1 amide bonds. The molecule has 0 bridgehead atoms. The van der Waals surface area contributed by atoms with Crippen LogP contribution in [0.1, 0.15) is 26.2 Å². The molecule has 2 aromatic rings. The lowest BCUT2D eigenvalue weighted by atomic mass is 10.2. The van der Waals surface area contributed by atoms with E-state index in [2.05, 4.69) is 20.2 Å². The second-order valence-corrected chi connectivity index (χ2v) is 6.64. The van der Waals surface area contributed by atoms with Crippen molar-refractivity contribution in [2.24, 2.45) is 5.73 Å². The molecule has 0 spiro atoms. The van der Waals surface area contributed by atoms with Gasteiger partial charge in [0.1, 0.15) is 23.0 Å². The van der Waals surface area contributed by atoms with Gasteiger partial charge in [0.25, 0.3) is 0 Å². The van der Waals surface area contributed by atoms with Crippen LogP contribution in [0.5, 0.6) is 0 Å². The van der Waals surface area contributed by atoms with Gasteiger partial charge in [-0.2, -0.15) is 0 Å². The standard InChI is InChI=1S/C15H21N5OS/c1-10(16)4-6-17-14(21)12-3-2-7-20(12)13-11-5-8-22-15(11)19-9-18-13/h5,8-10,12H,2-4,6-7,16H2,1H3,(H,17,21). The van der Waals surface area contributed by atoms with Crippen molar-refractivity contribution in [3.8, 4) is 0 Å². The summed E-state index contributed by atoms with van der Waals surface area (Å²) in [6, 6.07) is 1.98. The van der Waals surface area contributed by atoms with Crippen LogP contribution in [0.2, 0.25) is 0 Å². The third-order valence-corrected chi connectivity index (χ3v) is 4.79. The van der Waals surface area contributed by atoms with E-state index in [1.807, 2.05) is 18.4 Å². The Balaban J connectivity index is 1.75. The molecule has 3 rings (SSSR count). The number of nitrogens with one attached hydrogen (secondary N) is 1. The van der Waals surface area contributed by atoms with E-state index in [1.54, 1.807) is 17.7 Å². The summed E-state index contributed by atoms with van der Waals surface area (Å²) in [6.07, 6.45) is 4.24. The number of carbonyl (C=O) groups is 1. The lowest BCUT2D eigenvalue weighted by molar-refractivity contribution is -0.122. The van der Waals surface area contributed by atoms with E-state index >= 15 is 0 Å². The Labute approximate surface area is 133 Å². The van der Waals surface area contributed by atoms with E-state index in [0.717, 1.165) is 41.8 Å². The summed E-state index contributed by atoms with van der Waals surface area (Å²) in [4.78, 5) is 24.2. The van der Waals surface area contributed by atoms with Crippen LogP contribution in [0.3, 0.4) is 0 Å². The van der Waals surface area contributed by atoms with Crippen LogP contribution in [-0.2, 0) is 4.79 Å². The predicted octanol–water partition coefficient (Wildman–Crippen LogP) is 1.51. The number of nitrogens with zero attached hydrogens (tertiary/aromatic N) is 3. The number of fused-ring (bicyclic) bond motifs is 1. The van der Waals surface area contributed by atoms with Crippen molar-refractivity contribution in [2.75, 3.05) is 18.0 Å². The van der Waals surface area contributed by atoms with Crippen LogP contribution in [0.25, 0.3) is 10.2 Å². The number of rotatable bonds is 5. The number of nitrogens with two attached hydrogens (primary N) is 1. The number of thiophene rings is 1. The number of hydrogen-bond donors (Lipinski definition) is 2. The fourth-order valence-electron chi connectivity index (χ4n) is 2.84. The van der Waals surface area contributed by atoms with Crippen molar-refractivity contribution >= 4 is 33.3 Å². The maximum atomic E-state index is 12.5. The Bertz CT molecular complexity index is 656.